The Morgan fingerprint density at radius 1 is 1.39 bits per heavy atom. The topological polar surface area (TPSA) is 158 Å². The van der Waals surface area contributed by atoms with Crippen LogP contribution in [0, 0.1) is 6.92 Å². The highest BCUT2D eigenvalue weighted by Gasteiger charge is 2.39. The van der Waals surface area contributed by atoms with E-state index in [0.29, 0.717) is 12.0 Å². The van der Waals surface area contributed by atoms with Crippen molar-refractivity contribution in [1.29, 1.82) is 0 Å². The van der Waals surface area contributed by atoms with Crippen LogP contribution in [-0.4, -0.2) is 45.3 Å². The normalized spacial score (nSPS) is 23.3. The van der Waals surface area contributed by atoms with Crippen LogP contribution in [0.4, 0.5) is 0 Å². The third kappa shape index (κ3) is 7.78. The highest BCUT2D eigenvalue weighted by molar-refractivity contribution is 7.48. The second-order valence-corrected chi connectivity index (χ2v) is 10.8. The van der Waals surface area contributed by atoms with Gasteiger partial charge in [-0.05, 0) is 18.9 Å². The molecule has 4 atom stereocenters. The summed E-state index contributed by atoms with van der Waals surface area (Å²) in [5.41, 5.74) is 7.93. The average molecular weight is 521 g/mol. The van der Waals surface area contributed by atoms with E-state index >= 15 is 0 Å². The van der Waals surface area contributed by atoms with Crippen LogP contribution >= 0.6 is 42.6 Å². The fourth-order valence-electron chi connectivity index (χ4n) is 2.66. The van der Waals surface area contributed by atoms with Gasteiger partial charge >= 0.3 is 13.5 Å². The van der Waals surface area contributed by atoms with E-state index in [0.717, 1.165) is 0 Å². The van der Waals surface area contributed by atoms with Gasteiger partial charge in [0.25, 0.3) is 5.56 Å². The number of H-pyrrole nitrogens is 1. The third-order valence-electron chi connectivity index (χ3n) is 4.10. The van der Waals surface area contributed by atoms with Crippen LogP contribution in [-0.2, 0) is 22.9 Å². The maximum Gasteiger partial charge on any atom is 0.475 e. The molecule has 0 bridgehead atoms. The second-order valence-electron chi connectivity index (χ2n) is 6.58. The molecule has 12 nitrogen and oxygen atoms in total. The molecular formula is C15H21Cl3N5O7P. The zero-order valence-corrected chi connectivity index (χ0v) is 19.7. The van der Waals surface area contributed by atoms with Crippen molar-refractivity contribution < 1.29 is 22.9 Å². The summed E-state index contributed by atoms with van der Waals surface area (Å²) in [4.78, 5) is 28.7. The fraction of sp³-hybridized carbons (Fsp3) is 0.733. The number of phosphoric ester groups is 1. The first-order valence-corrected chi connectivity index (χ1v) is 11.7. The zero-order valence-electron chi connectivity index (χ0n) is 16.6. The first kappa shape index (κ1) is 26.2. The number of aromatic amines is 1. The fourth-order valence-corrected chi connectivity index (χ4v) is 4.36. The number of nitrogens with one attached hydrogen (secondary N) is 1. The van der Waals surface area contributed by atoms with Crippen LogP contribution in [0.25, 0.3) is 10.4 Å². The lowest BCUT2D eigenvalue weighted by Crippen LogP contribution is -2.33. The Hall–Kier alpha value is -1.07. The smallest absolute Gasteiger partial charge is 0.352 e. The number of aromatic nitrogens is 2. The number of azide groups is 1. The number of aryl methyl sites for hydroxylation is 1. The van der Waals surface area contributed by atoms with E-state index in [9.17, 15) is 14.2 Å². The van der Waals surface area contributed by atoms with Crippen molar-refractivity contribution >= 4 is 42.6 Å². The summed E-state index contributed by atoms with van der Waals surface area (Å²) in [6.45, 7) is 2.44. The minimum atomic E-state index is -4.13. The molecule has 0 amide bonds. The lowest BCUT2D eigenvalue weighted by atomic mass is 10.1. The van der Waals surface area contributed by atoms with Crippen molar-refractivity contribution in [3.05, 3.63) is 43.0 Å². The predicted molar refractivity (Wildman–Crippen MR) is 114 cm³/mol. The van der Waals surface area contributed by atoms with Gasteiger partial charge in [0.2, 0.25) is 3.79 Å². The molecule has 0 aromatic carbocycles. The molecule has 1 aliphatic heterocycles. The van der Waals surface area contributed by atoms with Crippen molar-refractivity contribution in [2.24, 2.45) is 5.11 Å². The van der Waals surface area contributed by atoms with Crippen LogP contribution in [0.3, 0.4) is 0 Å². The summed E-state index contributed by atoms with van der Waals surface area (Å²) >= 11 is 16.9. The molecule has 31 heavy (non-hydrogen) atoms. The van der Waals surface area contributed by atoms with E-state index in [-0.39, 0.29) is 19.6 Å². The van der Waals surface area contributed by atoms with Gasteiger partial charge in [-0.1, -0.05) is 46.8 Å². The quantitative estimate of drug-likeness (QED) is 0.162. The molecule has 0 spiro atoms. The maximum absolute atomic E-state index is 12.8. The van der Waals surface area contributed by atoms with Gasteiger partial charge in [-0.3, -0.25) is 27.9 Å². The largest absolute Gasteiger partial charge is 0.475 e. The minimum absolute atomic E-state index is 0.0527. The van der Waals surface area contributed by atoms with Gasteiger partial charge in [-0.25, -0.2) is 9.36 Å². The van der Waals surface area contributed by atoms with Gasteiger partial charge in [0.15, 0.2) is 0 Å². The van der Waals surface area contributed by atoms with Gasteiger partial charge in [0.1, 0.15) is 12.8 Å². The standard InChI is InChI=1S/C15H21Cl3N5O7P/c1-3-4-27-31(26,29-8-15(16,17)18)28-7-11-10(21-22-19)5-12(30-11)23-6-9(2)13(24)20-14(23)25/h6,10-12H,3-5,7-8H2,1-2H3,(H,20,24,25)/t10-,11+,12+,31?/m0/s1. The summed E-state index contributed by atoms with van der Waals surface area (Å²) < 4.78 is 33.5. The molecule has 0 aliphatic carbocycles. The van der Waals surface area contributed by atoms with E-state index in [1.807, 2.05) is 0 Å². The number of ether oxygens (including phenoxy) is 1. The summed E-state index contributed by atoms with van der Waals surface area (Å²) in [7, 11) is -4.13. The Kier molecular flexibility index (Phi) is 9.44. The van der Waals surface area contributed by atoms with Gasteiger partial charge in [-0.2, -0.15) is 0 Å². The monoisotopic (exact) mass is 519 g/mol. The first-order valence-electron chi connectivity index (χ1n) is 9.10. The van der Waals surface area contributed by atoms with Crippen molar-refractivity contribution in [2.75, 3.05) is 19.8 Å². The third-order valence-corrected chi connectivity index (χ3v) is 5.83. The van der Waals surface area contributed by atoms with Gasteiger partial charge in [0.05, 0.1) is 25.4 Å². The van der Waals surface area contributed by atoms with E-state index in [1.54, 1.807) is 6.92 Å². The highest BCUT2D eigenvalue weighted by Crippen LogP contribution is 2.51. The summed E-state index contributed by atoms with van der Waals surface area (Å²) in [5, 5.41) is 3.65. The van der Waals surface area contributed by atoms with Gasteiger partial charge < -0.3 is 4.74 Å². The molecule has 1 N–H and O–H groups in total. The van der Waals surface area contributed by atoms with E-state index in [1.165, 1.54) is 17.7 Å². The number of rotatable bonds is 10. The Morgan fingerprint density at radius 3 is 2.71 bits per heavy atom. The molecule has 2 rings (SSSR count). The molecule has 1 aromatic heterocycles. The Bertz CT molecular complexity index is 975. The number of hydrogen-bond donors (Lipinski definition) is 1. The van der Waals surface area contributed by atoms with Crippen LogP contribution < -0.4 is 11.2 Å². The highest BCUT2D eigenvalue weighted by atomic mass is 35.6. The predicted octanol–water partition coefficient (Wildman–Crippen LogP) is 3.75. The Morgan fingerprint density at radius 2 is 2.10 bits per heavy atom. The maximum atomic E-state index is 12.8. The summed E-state index contributed by atoms with van der Waals surface area (Å²) in [5.74, 6) is 0. The summed E-state index contributed by atoms with van der Waals surface area (Å²) in [6, 6.07) is -0.762. The molecule has 1 saturated heterocycles. The molecule has 1 unspecified atom stereocenters. The molecule has 1 fully saturated rings. The van der Waals surface area contributed by atoms with E-state index in [4.69, 9.17) is 58.6 Å². The molecule has 2 heterocycles. The Balaban J connectivity index is 2.16. The number of hydrogen-bond acceptors (Lipinski definition) is 8. The van der Waals surface area contributed by atoms with Crippen LogP contribution in [0.2, 0.25) is 0 Å². The lowest BCUT2D eigenvalue weighted by molar-refractivity contribution is -0.0303. The van der Waals surface area contributed by atoms with Crippen molar-refractivity contribution in [3.63, 3.8) is 0 Å². The van der Waals surface area contributed by atoms with Crippen LogP contribution in [0.1, 0.15) is 31.6 Å². The zero-order chi connectivity index (χ0) is 23.2. The average Bonchev–Trinajstić information content (AvgIpc) is 3.09. The minimum Gasteiger partial charge on any atom is -0.352 e. The lowest BCUT2D eigenvalue weighted by Gasteiger charge is -2.22. The summed E-state index contributed by atoms with van der Waals surface area (Å²) in [6.07, 6.45) is 0.211. The van der Waals surface area contributed by atoms with Crippen LogP contribution in [0.5, 0.6) is 0 Å². The number of halogens is 3. The van der Waals surface area contributed by atoms with E-state index < -0.39 is 47.8 Å². The van der Waals surface area contributed by atoms with Crippen molar-refractivity contribution in [1.82, 2.24) is 9.55 Å². The van der Waals surface area contributed by atoms with Crippen LogP contribution in [0.15, 0.2) is 20.9 Å². The second kappa shape index (κ2) is 11.2. The van der Waals surface area contributed by atoms with Gasteiger partial charge in [-0.15, -0.1) is 0 Å². The molecule has 174 valence electrons. The number of alkyl halides is 3. The Labute approximate surface area is 191 Å². The van der Waals surface area contributed by atoms with Gasteiger partial charge in [0, 0.05) is 23.1 Å². The molecule has 16 heteroatoms. The first-order chi connectivity index (χ1) is 14.5. The molecule has 1 aromatic rings. The molecule has 1 aliphatic rings. The molecule has 0 saturated carbocycles. The van der Waals surface area contributed by atoms with E-state index in [2.05, 4.69) is 15.0 Å². The number of phosphoric acid groups is 1. The van der Waals surface area contributed by atoms with Crippen molar-refractivity contribution in [2.45, 2.75) is 48.9 Å². The number of nitrogens with zero attached hydrogens (tertiary/aromatic N) is 4. The van der Waals surface area contributed by atoms with Crippen molar-refractivity contribution in [3.8, 4) is 0 Å². The molecule has 0 radical (unpaired) electrons. The SMILES string of the molecule is CCCOP(=O)(OC[C@H]1O[C@@H](n2cc(C)c(=O)[nH]c2=O)C[C@@H]1N=[N+]=[N-])OCC(Cl)(Cl)Cl. The molecular weight excluding hydrogens is 500 g/mol.